The Labute approximate surface area is 187 Å². The highest BCUT2D eigenvalue weighted by Crippen LogP contribution is 2.29. The lowest BCUT2D eigenvalue weighted by molar-refractivity contribution is -0.123. The molecule has 4 rings (SSSR count). The van der Waals surface area contributed by atoms with Crippen molar-refractivity contribution in [1.29, 1.82) is 0 Å². The topological polar surface area (TPSA) is 84.7 Å². The van der Waals surface area contributed by atoms with E-state index in [0.29, 0.717) is 10.6 Å². The van der Waals surface area contributed by atoms with E-state index >= 15 is 0 Å². The second-order valence-corrected chi connectivity index (χ2v) is 8.50. The van der Waals surface area contributed by atoms with Crippen LogP contribution in [-0.2, 0) is 16.0 Å². The highest BCUT2D eigenvalue weighted by molar-refractivity contribution is 6.30. The summed E-state index contributed by atoms with van der Waals surface area (Å²) in [5, 5.41) is 3.54. The maximum absolute atomic E-state index is 12.6. The Kier molecular flexibility index (Phi) is 6.59. The summed E-state index contributed by atoms with van der Waals surface area (Å²) in [7, 11) is 0. The Morgan fingerprint density at radius 2 is 1.87 bits per heavy atom. The van der Waals surface area contributed by atoms with Gasteiger partial charge in [0, 0.05) is 28.7 Å². The summed E-state index contributed by atoms with van der Waals surface area (Å²) in [6.45, 7) is 2.99. The minimum Gasteiger partial charge on any atom is -0.488 e. The zero-order valence-electron chi connectivity index (χ0n) is 17.3. The van der Waals surface area contributed by atoms with Crippen LogP contribution in [0.2, 0.25) is 5.02 Å². The van der Waals surface area contributed by atoms with Gasteiger partial charge < -0.3 is 20.7 Å². The molecule has 3 N–H and O–H groups in total. The first-order valence-corrected chi connectivity index (χ1v) is 10.9. The molecule has 0 atom stereocenters. The summed E-state index contributed by atoms with van der Waals surface area (Å²) in [5.74, 6) is 0.384. The first-order chi connectivity index (χ1) is 15.0. The molecule has 6 nitrogen and oxygen atoms in total. The van der Waals surface area contributed by atoms with E-state index in [-0.39, 0.29) is 24.3 Å². The number of likely N-dealkylation sites (tertiary alicyclic amines) is 1. The van der Waals surface area contributed by atoms with E-state index in [0.717, 1.165) is 55.9 Å². The number of carbonyl (C=O) groups is 2. The molecule has 7 heteroatoms. The predicted molar refractivity (Wildman–Crippen MR) is 122 cm³/mol. The molecular formula is C24H26ClN3O3. The highest BCUT2D eigenvalue weighted by Gasteiger charge is 2.22. The number of anilines is 1. The number of carbonyl (C=O) groups excluding carboxylic acids is 2. The fourth-order valence-corrected chi connectivity index (χ4v) is 4.15. The maximum atomic E-state index is 12.6. The van der Waals surface area contributed by atoms with Crippen molar-refractivity contribution in [2.75, 3.05) is 31.6 Å². The van der Waals surface area contributed by atoms with Gasteiger partial charge in [-0.2, -0.15) is 0 Å². The van der Waals surface area contributed by atoms with E-state index in [9.17, 15) is 9.59 Å². The van der Waals surface area contributed by atoms with E-state index in [1.165, 1.54) is 5.56 Å². The second kappa shape index (κ2) is 9.54. The quantitative estimate of drug-likeness (QED) is 0.721. The van der Waals surface area contributed by atoms with Gasteiger partial charge in [0.25, 0.3) is 5.91 Å². The summed E-state index contributed by atoms with van der Waals surface area (Å²) in [6.07, 6.45) is 4.43. The molecule has 162 valence electrons. The largest absolute Gasteiger partial charge is 0.488 e. The summed E-state index contributed by atoms with van der Waals surface area (Å²) in [6, 6.07) is 13.3. The van der Waals surface area contributed by atoms with Gasteiger partial charge in [-0.15, -0.1) is 0 Å². The number of amides is 2. The molecule has 31 heavy (non-hydrogen) atoms. The maximum Gasteiger partial charge on any atom is 0.255 e. The number of ether oxygens (including phenoxy) is 1. The standard InChI is InChI=1S/C24H26ClN3O3/c25-20-3-6-22-18(14-20)13-19(15-31-22)24(30)27-21-4-1-16(2-5-21)7-10-28-11-8-17(9-12-28)23(26)29/h1-6,13-14,17H,7-12,15H2,(H2,26,29)(H,27,30). The van der Waals surface area contributed by atoms with E-state index in [1.807, 2.05) is 36.4 Å². The SMILES string of the molecule is NC(=O)C1CCN(CCc2ccc(NC(=O)C3=Cc4cc(Cl)ccc4OC3)cc2)CC1. The van der Waals surface area contributed by atoms with Crippen LogP contribution in [-0.4, -0.2) is 43.0 Å². The van der Waals surface area contributed by atoms with Crippen molar-refractivity contribution in [2.45, 2.75) is 19.3 Å². The number of hydrogen-bond donors (Lipinski definition) is 2. The van der Waals surface area contributed by atoms with Crippen molar-refractivity contribution in [3.63, 3.8) is 0 Å². The Hall–Kier alpha value is -2.83. The number of benzene rings is 2. The van der Waals surface area contributed by atoms with E-state index < -0.39 is 0 Å². The summed E-state index contributed by atoms with van der Waals surface area (Å²) in [5.41, 5.74) is 8.71. The van der Waals surface area contributed by atoms with Gasteiger partial charge in [-0.05, 0) is 74.3 Å². The molecule has 1 fully saturated rings. The zero-order chi connectivity index (χ0) is 21.8. The normalized spacial score (nSPS) is 16.7. The van der Waals surface area contributed by atoms with E-state index in [1.54, 1.807) is 12.1 Å². The van der Waals surface area contributed by atoms with Crippen molar-refractivity contribution in [2.24, 2.45) is 11.7 Å². The fraction of sp³-hybridized carbons (Fsp3) is 0.333. The third kappa shape index (κ3) is 5.46. The van der Waals surface area contributed by atoms with Gasteiger partial charge in [-0.25, -0.2) is 0 Å². The first-order valence-electron chi connectivity index (χ1n) is 10.5. The van der Waals surface area contributed by atoms with Crippen LogP contribution in [0.4, 0.5) is 5.69 Å². The van der Waals surface area contributed by atoms with Crippen molar-refractivity contribution in [3.8, 4) is 5.75 Å². The van der Waals surface area contributed by atoms with Crippen LogP contribution in [0.15, 0.2) is 48.0 Å². The third-order valence-electron chi connectivity index (χ3n) is 5.89. The number of nitrogens with zero attached hydrogens (tertiary/aromatic N) is 1. The third-order valence-corrected chi connectivity index (χ3v) is 6.13. The molecule has 0 bridgehead atoms. The van der Waals surface area contributed by atoms with Crippen LogP contribution in [0, 0.1) is 5.92 Å². The van der Waals surface area contributed by atoms with Crippen molar-refractivity contribution < 1.29 is 14.3 Å². The molecular weight excluding hydrogens is 414 g/mol. The molecule has 2 amide bonds. The molecule has 0 radical (unpaired) electrons. The van der Waals surface area contributed by atoms with Crippen LogP contribution < -0.4 is 15.8 Å². The molecule has 0 saturated carbocycles. The molecule has 0 aromatic heterocycles. The van der Waals surface area contributed by atoms with Crippen molar-refractivity contribution >= 4 is 35.2 Å². The summed E-state index contributed by atoms with van der Waals surface area (Å²) in [4.78, 5) is 26.3. The average molecular weight is 440 g/mol. The fourth-order valence-electron chi connectivity index (χ4n) is 3.97. The Morgan fingerprint density at radius 3 is 2.58 bits per heavy atom. The zero-order valence-corrected chi connectivity index (χ0v) is 18.0. The Bertz CT molecular complexity index is 996. The molecule has 0 aliphatic carbocycles. The van der Waals surface area contributed by atoms with Crippen LogP contribution in [0.1, 0.15) is 24.0 Å². The lowest BCUT2D eigenvalue weighted by atomic mass is 9.96. The van der Waals surface area contributed by atoms with Gasteiger partial charge in [-0.1, -0.05) is 23.7 Å². The average Bonchev–Trinajstić information content (AvgIpc) is 2.78. The molecule has 0 unspecified atom stereocenters. The van der Waals surface area contributed by atoms with E-state index in [2.05, 4.69) is 10.2 Å². The number of primary amides is 1. The van der Waals surface area contributed by atoms with Crippen molar-refractivity contribution in [1.82, 2.24) is 4.90 Å². The van der Waals surface area contributed by atoms with Crippen LogP contribution in [0.3, 0.4) is 0 Å². The molecule has 2 aliphatic rings. The van der Waals surface area contributed by atoms with Crippen LogP contribution >= 0.6 is 11.6 Å². The van der Waals surface area contributed by atoms with E-state index in [4.69, 9.17) is 22.1 Å². The molecule has 2 aromatic rings. The number of rotatable bonds is 6. The predicted octanol–water partition coefficient (Wildman–Crippen LogP) is 3.49. The van der Waals surface area contributed by atoms with Crippen LogP contribution in [0.5, 0.6) is 5.75 Å². The van der Waals surface area contributed by atoms with Crippen molar-refractivity contribution in [3.05, 3.63) is 64.2 Å². The molecule has 2 aliphatic heterocycles. The lowest BCUT2D eigenvalue weighted by Crippen LogP contribution is -2.39. The summed E-state index contributed by atoms with van der Waals surface area (Å²) < 4.78 is 5.66. The van der Waals surface area contributed by atoms with Crippen LogP contribution in [0.25, 0.3) is 6.08 Å². The molecule has 1 saturated heterocycles. The van der Waals surface area contributed by atoms with Gasteiger partial charge >= 0.3 is 0 Å². The smallest absolute Gasteiger partial charge is 0.255 e. The highest BCUT2D eigenvalue weighted by atomic mass is 35.5. The number of hydrogen-bond acceptors (Lipinski definition) is 4. The molecule has 2 heterocycles. The number of halogens is 1. The van der Waals surface area contributed by atoms with Gasteiger partial charge in [0.1, 0.15) is 12.4 Å². The second-order valence-electron chi connectivity index (χ2n) is 8.06. The van der Waals surface area contributed by atoms with Gasteiger partial charge in [0.2, 0.25) is 5.91 Å². The number of piperidine rings is 1. The first kappa shape index (κ1) is 21.4. The number of nitrogens with one attached hydrogen (secondary N) is 1. The number of fused-ring (bicyclic) bond motifs is 1. The number of nitrogens with two attached hydrogens (primary N) is 1. The molecule has 0 spiro atoms. The van der Waals surface area contributed by atoms with Gasteiger partial charge in [-0.3, -0.25) is 9.59 Å². The van der Waals surface area contributed by atoms with Gasteiger partial charge in [0.05, 0.1) is 5.57 Å². The lowest BCUT2D eigenvalue weighted by Gasteiger charge is -2.30. The minimum atomic E-state index is -0.185. The monoisotopic (exact) mass is 439 g/mol. The summed E-state index contributed by atoms with van der Waals surface area (Å²) >= 11 is 6.04. The Morgan fingerprint density at radius 1 is 1.13 bits per heavy atom. The Balaban J connectivity index is 1.29. The van der Waals surface area contributed by atoms with Gasteiger partial charge in [0.15, 0.2) is 0 Å². The molecule has 2 aromatic carbocycles. The minimum absolute atomic E-state index is 0.0225.